The van der Waals surface area contributed by atoms with Crippen molar-refractivity contribution in [3.8, 4) is 11.4 Å². The quantitative estimate of drug-likeness (QED) is 0.503. The molecule has 1 saturated heterocycles. The lowest BCUT2D eigenvalue weighted by molar-refractivity contribution is -0.127. The minimum absolute atomic E-state index is 0.285. The molecular formula is C17H23N5O2S. The smallest absolute Gasteiger partial charge is 0.222 e. The van der Waals surface area contributed by atoms with Crippen molar-refractivity contribution in [2.45, 2.75) is 31.0 Å². The van der Waals surface area contributed by atoms with Gasteiger partial charge in [0.05, 0.1) is 13.2 Å². The third-order valence-electron chi connectivity index (χ3n) is 4.15. The van der Waals surface area contributed by atoms with E-state index >= 15 is 0 Å². The second-order valence-corrected chi connectivity index (χ2v) is 6.93. The van der Waals surface area contributed by atoms with Crippen LogP contribution in [0, 0.1) is 0 Å². The first kappa shape index (κ1) is 17.9. The van der Waals surface area contributed by atoms with Crippen molar-refractivity contribution in [1.29, 1.82) is 0 Å². The van der Waals surface area contributed by atoms with E-state index < -0.39 is 0 Å². The van der Waals surface area contributed by atoms with E-state index in [0.717, 1.165) is 48.2 Å². The van der Waals surface area contributed by atoms with Gasteiger partial charge in [0.2, 0.25) is 5.91 Å². The van der Waals surface area contributed by atoms with Crippen LogP contribution in [0.15, 0.2) is 29.7 Å². The summed E-state index contributed by atoms with van der Waals surface area (Å²) in [6.07, 6.45) is 6.16. The predicted molar refractivity (Wildman–Crippen MR) is 96.3 cm³/mol. The number of nitrogens with zero attached hydrogens (tertiary/aromatic N) is 5. The van der Waals surface area contributed by atoms with Gasteiger partial charge in [-0.15, -0.1) is 10.2 Å². The monoisotopic (exact) mass is 361 g/mol. The number of likely N-dealkylation sites (tertiary alicyclic amines) is 1. The summed E-state index contributed by atoms with van der Waals surface area (Å²) in [7, 11) is 1.69. The number of carbonyl (C=O) groups excluding carboxylic acids is 1. The van der Waals surface area contributed by atoms with Crippen molar-refractivity contribution in [1.82, 2.24) is 24.6 Å². The first-order valence-corrected chi connectivity index (χ1v) is 9.51. The van der Waals surface area contributed by atoms with Crippen molar-refractivity contribution < 1.29 is 9.53 Å². The average molecular weight is 361 g/mol. The number of hydrogen-bond donors (Lipinski definition) is 0. The highest BCUT2D eigenvalue weighted by Gasteiger charge is 2.19. The number of carbonyl (C=O) groups is 1. The predicted octanol–water partition coefficient (Wildman–Crippen LogP) is 2.09. The van der Waals surface area contributed by atoms with E-state index in [4.69, 9.17) is 4.74 Å². The van der Waals surface area contributed by atoms with Crippen molar-refractivity contribution in [3.63, 3.8) is 0 Å². The second-order valence-electron chi connectivity index (χ2n) is 5.87. The zero-order valence-electron chi connectivity index (χ0n) is 14.4. The molecule has 8 heteroatoms. The van der Waals surface area contributed by atoms with Crippen molar-refractivity contribution in [2.24, 2.45) is 0 Å². The zero-order chi connectivity index (χ0) is 17.5. The standard InChI is InChI=1S/C17H23N5O2S/c1-24-12-11-22-16(14-5-7-18-8-6-14)19-20-17(22)25-13-3-10-21-9-2-4-15(21)23/h5-8H,2-4,9-13H2,1H3. The maximum atomic E-state index is 11.6. The normalized spacial score (nSPS) is 14.4. The molecule has 0 aliphatic carbocycles. The highest BCUT2D eigenvalue weighted by molar-refractivity contribution is 7.99. The van der Waals surface area contributed by atoms with Gasteiger partial charge in [-0.3, -0.25) is 14.3 Å². The van der Waals surface area contributed by atoms with Gasteiger partial charge in [-0.1, -0.05) is 11.8 Å². The molecule has 0 N–H and O–H groups in total. The molecule has 0 spiro atoms. The summed E-state index contributed by atoms with van der Waals surface area (Å²) in [6.45, 7) is 3.04. The number of pyridine rings is 1. The Morgan fingerprint density at radius 1 is 1.24 bits per heavy atom. The van der Waals surface area contributed by atoms with Crippen LogP contribution in [0.3, 0.4) is 0 Å². The maximum absolute atomic E-state index is 11.6. The summed E-state index contributed by atoms with van der Waals surface area (Å²) in [4.78, 5) is 17.7. The largest absolute Gasteiger partial charge is 0.383 e. The van der Waals surface area contributed by atoms with E-state index in [0.29, 0.717) is 19.6 Å². The van der Waals surface area contributed by atoms with Crippen LogP contribution >= 0.6 is 11.8 Å². The third kappa shape index (κ3) is 4.58. The van der Waals surface area contributed by atoms with Gasteiger partial charge in [0.15, 0.2) is 11.0 Å². The molecule has 0 bridgehead atoms. The molecule has 3 rings (SSSR count). The van der Waals surface area contributed by atoms with Crippen molar-refractivity contribution >= 4 is 17.7 Å². The number of rotatable bonds is 9. The van der Waals surface area contributed by atoms with E-state index in [1.165, 1.54) is 0 Å². The minimum atomic E-state index is 0.285. The fraction of sp³-hybridized carbons (Fsp3) is 0.529. The van der Waals surface area contributed by atoms with Crippen LogP contribution in [-0.4, -0.2) is 63.1 Å². The van der Waals surface area contributed by atoms with Gasteiger partial charge >= 0.3 is 0 Å². The van der Waals surface area contributed by atoms with Gasteiger partial charge in [0.25, 0.3) is 0 Å². The molecule has 0 radical (unpaired) electrons. The summed E-state index contributed by atoms with van der Waals surface area (Å²) < 4.78 is 7.31. The summed E-state index contributed by atoms with van der Waals surface area (Å²) in [5.41, 5.74) is 0.994. The Balaban J connectivity index is 1.62. The first-order valence-electron chi connectivity index (χ1n) is 8.52. The lowest BCUT2D eigenvalue weighted by Gasteiger charge is -2.15. The third-order valence-corrected chi connectivity index (χ3v) is 5.20. The van der Waals surface area contributed by atoms with Crippen LogP contribution in [0.5, 0.6) is 0 Å². The molecule has 2 aromatic heterocycles. The molecule has 1 fully saturated rings. The van der Waals surface area contributed by atoms with E-state index in [-0.39, 0.29) is 5.91 Å². The highest BCUT2D eigenvalue weighted by atomic mass is 32.2. The number of aromatic nitrogens is 4. The molecule has 3 heterocycles. The van der Waals surface area contributed by atoms with E-state index in [1.54, 1.807) is 31.3 Å². The second kappa shape index (κ2) is 8.96. The molecule has 2 aromatic rings. The van der Waals surface area contributed by atoms with Gasteiger partial charge in [0.1, 0.15) is 0 Å². The van der Waals surface area contributed by atoms with Crippen LogP contribution in [0.4, 0.5) is 0 Å². The van der Waals surface area contributed by atoms with Crippen LogP contribution in [0.1, 0.15) is 19.3 Å². The number of hydrogen-bond acceptors (Lipinski definition) is 6. The number of thioether (sulfide) groups is 1. The van der Waals surface area contributed by atoms with Crippen molar-refractivity contribution in [2.75, 3.05) is 32.6 Å². The van der Waals surface area contributed by atoms with E-state index in [2.05, 4.69) is 19.7 Å². The maximum Gasteiger partial charge on any atom is 0.222 e. The Kier molecular flexibility index (Phi) is 6.41. The minimum Gasteiger partial charge on any atom is -0.383 e. The topological polar surface area (TPSA) is 73.1 Å². The fourth-order valence-corrected chi connectivity index (χ4v) is 3.74. The lowest BCUT2D eigenvalue weighted by atomic mass is 10.2. The van der Waals surface area contributed by atoms with Gasteiger partial charge in [-0.25, -0.2) is 0 Å². The lowest BCUT2D eigenvalue weighted by Crippen LogP contribution is -2.25. The summed E-state index contributed by atoms with van der Waals surface area (Å²) in [5, 5.41) is 9.59. The molecule has 1 amide bonds. The van der Waals surface area contributed by atoms with Gasteiger partial charge < -0.3 is 9.64 Å². The Morgan fingerprint density at radius 3 is 2.80 bits per heavy atom. The van der Waals surface area contributed by atoms with Crippen LogP contribution in [0.25, 0.3) is 11.4 Å². The molecule has 0 atom stereocenters. The van der Waals surface area contributed by atoms with Crippen LogP contribution in [-0.2, 0) is 16.1 Å². The molecule has 0 aromatic carbocycles. The van der Waals surface area contributed by atoms with Crippen LogP contribution < -0.4 is 0 Å². The first-order chi connectivity index (χ1) is 12.3. The summed E-state index contributed by atoms with van der Waals surface area (Å²) in [6, 6.07) is 3.86. The van der Waals surface area contributed by atoms with Crippen LogP contribution in [0.2, 0.25) is 0 Å². The van der Waals surface area contributed by atoms with Gasteiger partial charge in [-0.2, -0.15) is 0 Å². The summed E-state index contributed by atoms with van der Waals surface area (Å²) in [5.74, 6) is 2.02. The Bertz CT molecular complexity index is 692. The van der Waals surface area contributed by atoms with Gasteiger partial charge in [0, 0.05) is 50.3 Å². The Morgan fingerprint density at radius 2 is 2.08 bits per heavy atom. The molecule has 7 nitrogen and oxygen atoms in total. The number of amides is 1. The van der Waals surface area contributed by atoms with Crippen molar-refractivity contribution in [3.05, 3.63) is 24.5 Å². The average Bonchev–Trinajstić information content (AvgIpc) is 3.23. The number of methoxy groups -OCH3 is 1. The fourth-order valence-electron chi connectivity index (χ4n) is 2.85. The van der Waals surface area contributed by atoms with E-state index in [9.17, 15) is 4.79 Å². The molecular weight excluding hydrogens is 338 g/mol. The molecule has 0 saturated carbocycles. The SMILES string of the molecule is COCCn1c(SCCCN2CCCC2=O)nnc1-c1ccncc1. The molecule has 134 valence electrons. The molecule has 0 unspecified atom stereocenters. The molecule has 1 aliphatic heterocycles. The molecule has 25 heavy (non-hydrogen) atoms. The Labute approximate surface area is 151 Å². The highest BCUT2D eigenvalue weighted by Crippen LogP contribution is 2.24. The molecule has 1 aliphatic rings. The van der Waals surface area contributed by atoms with Gasteiger partial charge in [-0.05, 0) is 25.0 Å². The Hall–Kier alpha value is -1.93. The van der Waals surface area contributed by atoms with E-state index in [1.807, 2.05) is 17.0 Å². The number of ether oxygens (including phenoxy) is 1. The zero-order valence-corrected chi connectivity index (χ0v) is 15.2. The summed E-state index contributed by atoms with van der Waals surface area (Å²) >= 11 is 1.68.